The summed E-state index contributed by atoms with van der Waals surface area (Å²) in [6.07, 6.45) is 6.55. The van der Waals surface area contributed by atoms with Crippen LogP contribution in [0, 0.1) is 0 Å². The van der Waals surface area contributed by atoms with Crippen LogP contribution in [0.15, 0.2) is 36.5 Å². The third-order valence-electron chi connectivity index (χ3n) is 5.65. The molecule has 0 unspecified atom stereocenters. The number of nitrogens with one attached hydrogen (secondary N) is 1. The van der Waals surface area contributed by atoms with E-state index in [-0.39, 0.29) is 5.91 Å². The molecule has 2 aliphatic heterocycles. The third-order valence-corrected chi connectivity index (χ3v) is 5.65. The van der Waals surface area contributed by atoms with Gasteiger partial charge in [0.05, 0.1) is 31.0 Å². The van der Waals surface area contributed by atoms with E-state index in [2.05, 4.69) is 15.3 Å². The summed E-state index contributed by atoms with van der Waals surface area (Å²) in [5.41, 5.74) is 0.518. The summed E-state index contributed by atoms with van der Waals surface area (Å²) in [5.74, 6) is 1.11. The van der Waals surface area contributed by atoms with Crippen molar-refractivity contribution in [3.63, 3.8) is 0 Å². The molecule has 4 rings (SSSR count). The first-order chi connectivity index (χ1) is 13.7. The largest absolute Gasteiger partial charge is 0.496 e. The number of ether oxygens (including phenoxy) is 2. The highest BCUT2D eigenvalue weighted by Gasteiger charge is 2.26. The zero-order valence-corrected chi connectivity index (χ0v) is 16.3. The molecule has 1 aromatic carbocycles. The number of hydrogen-bond donors (Lipinski definition) is 1. The molecule has 3 heterocycles. The number of nitrogens with zero attached hydrogens (tertiary/aromatic N) is 3. The zero-order valence-electron chi connectivity index (χ0n) is 16.3. The molecule has 1 aromatic heterocycles. The molecule has 150 valence electrons. The molecule has 0 saturated carbocycles. The van der Waals surface area contributed by atoms with E-state index in [0.29, 0.717) is 23.5 Å². The number of piperidine rings is 1. The molecule has 2 fully saturated rings. The van der Waals surface area contributed by atoms with E-state index in [1.807, 2.05) is 22.9 Å². The van der Waals surface area contributed by atoms with E-state index in [9.17, 15) is 4.79 Å². The molecule has 28 heavy (non-hydrogen) atoms. The van der Waals surface area contributed by atoms with Crippen molar-refractivity contribution in [2.45, 2.75) is 37.8 Å². The molecule has 2 saturated heterocycles. The highest BCUT2D eigenvalue weighted by Crippen LogP contribution is 2.27. The normalized spacial score (nSPS) is 21.0. The van der Waals surface area contributed by atoms with Crippen LogP contribution in [0.3, 0.4) is 0 Å². The Kier molecular flexibility index (Phi) is 5.92. The number of likely N-dealkylation sites (tertiary alicyclic amines) is 1. The van der Waals surface area contributed by atoms with Crippen LogP contribution in [0.1, 0.15) is 42.1 Å². The van der Waals surface area contributed by atoms with Crippen molar-refractivity contribution in [2.75, 3.05) is 38.7 Å². The van der Waals surface area contributed by atoms with Crippen LogP contribution in [0.5, 0.6) is 5.75 Å². The number of anilines is 1. The first-order valence-corrected chi connectivity index (χ1v) is 10.1. The van der Waals surface area contributed by atoms with Crippen LogP contribution in [0.4, 0.5) is 5.82 Å². The Labute approximate surface area is 165 Å². The Morgan fingerprint density at radius 3 is 2.82 bits per heavy atom. The topological polar surface area (TPSA) is 68.6 Å². The van der Waals surface area contributed by atoms with E-state index in [0.717, 1.165) is 44.9 Å². The first-order valence-electron chi connectivity index (χ1n) is 10.1. The van der Waals surface area contributed by atoms with Crippen molar-refractivity contribution >= 4 is 11.7 Å². The van der Waals surface area contributed by atoms with Gasteiger partial charge in [0.15, 0.2) is 0 Å². The smallest absolute Gasteiger partial charge is 0.260 e. The van der Waals surface area contributed by atoms with Crippen LogP contribution >= 0.6 is 0 Å². The molecule has 7 heteroatoms. The second-order valence-corrected chi connectivity index (χ2v) is 7.48. The van der Waals surface area contributed by atoms with Gasteiger partial charge in [-0.1, -0.05) is 12.1 Å². The van der Waals surface area contributed by atoms with Crippen LogP contribution in [0.2, 0.25) is 0 Å². The Balaban J connectivity index is 1.37. The predicted octanol–water partition coefficient (Wildman–Crippen LogP) is 2.96. The van der Waals surface area contributed by atoms with Crippen molar-refractivity contribution in [1.29, 1.82) is 0 Å². The van der Waals surface area contributed by atoms with E-state index in [1.54, 1.807) is 25.4 Å². The summed E-state index contributed by atoms with van der Waals surface area (Å²) in [7, 11) is 1.57. The Bertz CT molecular complexity index is 792. The summed E-state index contributed by atoms with van der Waals surface area (Å²) < 4.78 is 13.0. The minimum absolute atomic E-state index is 0.185. The molecule has 1 N–H and O–H groups in total. The van der Waals surface area contributed by atoms with Crippen LogP contribution < -0.4 is 10.1 Å². The summed E-state index contributed by atoms with van der Waals surface area (Å²) in [6, 6.07) is 9.38. The fourth-order valence-corrected chi connectivity index (χ4v) is 4.14. The number of rotatable bonds is 6. The van der Waals surface area contributed by atoms with Gasteiger partial charge in [-0.2, -0.15) is 5.10 Å². The van der Waals surface area contributed by atoms with Gasteiger partial charge in [-0.05, 0) is 37.8 Å². The van der Waals surface area contributed by atoms with Gasteiger partial charge in [-0.25, -0.2) is 4.68 Å². The molecule has 2 aromatic rings. The lowest BCUT2D eigenvalue weighted by Crippen LogP contribution is -2.39. The van der Waals surface area contributed by atoms with Gasteiger partial charge in [-0.3, -0.25) is 4.79 Å². The van der Waals surface area contributed by atoms with Crippen LogP contribution in [-0.4, -0.2) is 60.0 Å². The lowest BCUT2D eigenvalue weighted by atomic mass is 10.0. The van der Waals surface area contributed by atoms with Crippen molar-refractivity contribution in [3.8, 4) is 5.75 Å². The summed E-state index contributed by atoms with van der Waals surface area (Å²) in [4.78, 5) is 15.2. The van der Waals surface area contributed by atoms with Gasteiger partial charge in [0.1, 0.15) is 11.6 Å². The minimum Gasteiger partial charge on any atom is -0.496 e. The molecule has 0 bridgehead atoms. The lowest BCUT2D eigenvalue weighted by molar-refractivity contribution is 0.0599. The Hall–Kier alpha value is -2.38. The molecule has 1 amide bonds. The SMILES string of the molecule is COc1ccccc1C(=O)Nc1ccnn1C1CCN(C[C@H]2CCCO2)CC1. The molecule has 0 aliphatic carbocycles. The average Bonchev–Trinajstić information content (AvgIpc) is 3.41. The monoisotopic (exact) mass is 384 g/mol. The third kappa shape index (κ3) is 4.20. The fourth-order valence-electron chi connectivity index (χ4n) is 4.14. The predicted molar refractivity (Wildman–Crippen MR) is 107 cm³/mol. The molecular formula is C21H28N4O3. The highest BCUT2D eigenvalue weighted by molar-refractivity contribution is 6.05. The van der Waals surface area contributed by atoms with Crippen LogP contribution in [0.25, 0.3) is 0 Å². The number of aromatic nitrogens is 2. The minimum atomic E-state index is -0.185. The van der Waals surface area contributed by atoms with Crippen molar-refractivity contribution in [3.05, 3.63) is 42.1 Å². The van der Waals surface area contributed by atoms with Gasteiger partial charge in [0.2, 0.25) is 0 Å². The molecule has 0 radical (unpaired) electrons. The second kappa shape index (κ2) is 8.75. The average molecular weight is 384 g/mol. The second-order valence-electron chi connectivity index (χ2n) is 7.48. The van der Waals surface area contributed by atoms with Gasteiger partial charge in [0, 0.05) is 32.3 Å². The Morgan fingerprint density at radius 1 is 1.25 bits per heavy atom. The van der Waals surface area contributed by atoms with E-state index >= 15 is 0 Å². The molecule has 0 spiro atoms. The lowest BCUT2D eigenvalue weighted by Gasteiger charge is -2.33. The first kappa shape index (κ1) is 19.0. The van der Waals surface area contributed by atoms with Gasteiger partial charge < -0.3 is 19.7 Å². The number of benzene rings is 1. The summed E-state index contributed by atoms with van der Waals surface area (Å²) in [6.45, 7) is 4.00. The highest BCUT2D eigenvalue weighted by atomic mass is 16.5. The molecule has 7 nitrogen and oxygen atoms in total. The standard InChI is InChI=1S/C21H28N4O3/c1-27-19-7-3-2-6-18(19)21(26)23-20-8-11-22-25(20)16-9-12-24(13-10-16)15-17-5-4-14-28-17/h2-3,6-8,11,16-17H,4-5,9-10,12-15H2,1H3,(H,23,26)/t17-/m1/s1. The fraction of sp³-hybridized carbons (Fsp3) is 0.524. The summed E-state index contributed by atoms with van der Waals surface area (Å²) in [5, 5.41) is 7.48. The van der Waals surface area contributed by atoms with Gasteiger partial charge >= 0.3 is 0 Å². The van der Waals surface area contributed by atoms with Crippen LogP contribution in [-0.2, 0) is 4.74 Å². The quantitative estimate of drug-likeness (QED) is 0.829. The number of para-hydroxylation sites is 1. The van der Waals surface area contributed by atoms with Crippen molar-refractivity contribution in [1.82, 2.24) is 14.7 Å². The number of carbonyl (C=O) groups is 1. The van der Waals surface area contributed by atoms with E-state index in [4.69, 9.17) is 9.47 Å². The van der Waals surface area contributed by atoms with Crippen molar-refractivity contribution < 1.29 is 14.3 Å². The van der Waals surface area contributed by atoms with Crippen molar-refractivity contribution in [2.24, 2.45) is 0 Å². The zero-order chi connectivity index (χ0) is 19.3. The Morgan fingerprint density at radius 2 is 2.07 bits per heavy atom. The molecule has 2 aliphatic rings. The number of amides is 1. The van der Waals surface area contributed by atoms with E-state index in [1.165, 1.54) is 12.8 Å². The summed E-state index contributed by atoms with van der Waals surface area (Å²) >= 11 is 0. The maximum absolute atomic E-state index is 12.7. The maximum Gasteiger partial charge on any atom is 0.260 e. The van der Waals surface area contributed by atoms with Gasteiger partial charge in [-0.15, -0.1) is 0 Å². The number of methoxy groups -OCH3 is 1. The molecule has 1 atom stereocenters. The number of hydrogen-bond acceptors (Lipinski definition) is 5. The van der Waals surface area contributed by atoms with Gasteiger partial charge in [0.25, 0.3) is 5.91 Å². The maximum atomic E-state index is 12.7. The molecular weight excluding hydrogens is 356 g/mol. The number of carbonyl (C=O) groups excluding carboxylic acids is 1. The van der Waals surface area contributed by atoms with E-state index < -0.39 is 0 Å².